The SMILES string of the molecule is CC.CC1CC2COCCN2C1. The molecule has 2 heterocycles. The molecule has 2 unspecified atom stereocenters. The predicted octanol–water partition coefficient (Wildman–Crippen LogP) is 1.75. The lowest BCUT2D eigenvalue weighted by molar-refractivity contribution is 0.0128. The Morgan fingerprint density at radius 1 is 1.33 bits per heavy atom. The zero-order chi connectivity index (χ0) is 8.97. The molecular formula is C10H21NO. The molecule has 2 atom stereocenters. The van der Waals surface area contributed by atoms with Gasteiger partial charge in [-0.3, -0.25) is 4.90 Å². The van der Waals surface area contributed by atoms with E-state index >= 15 is 0 Å². The monoisotopic (exact) mass is 171 g/mol. The zero-order valence-corrected chi connectivity index (χ0v) is 8.55. The Morgan fingerprint density at radius 3 is 2.75 bits per heavy atom. The van der Waals surface area contributed by atoms with Crippen LogP contribution in [0.15, 0.2) is 0 Å². The summed E-state index contributed by atoms with van der Waals surface area (Å²) in [6.07, 6.45) is 1.35. The van der Waals surface area contributed by atoms with E-state index < -0.39 is 0 Å². The topological polar surface area (TPSA) is 12.5 Å². The number of rotatable bonds is 0. The van der Waals surface area contributed by atoms with Gasteiger partial charge in [-0.25, -0.2) is 0 Å². The molecule has 0 amide bonds. The minimum atomic E-state index is 0.753. The fourth-order valence-electron chi connectivity index (χ4n) is 2.09. The second-order valence-corrected chi connectivity index (χ2v) is 3.56. The van der Waals surface area contributed by atoms with Gasteiger partial charge in [-0.1, -0.05) is 20.8 Å². The van der Waals surface area contributed by atoms with Crippen molar-refractivity contribution < 1.29 is 4.74 Å². The fourth-order valence-corrected chi connectivity index (χ4v) is 2.09. The van der Waals surface area contributed by atoms with Crippen LogP contribution in [0.4, 0.5) is 0 Å². The molecule has 0 aliphatic carbocycles. The number of fused-ring (bicyclic) bond motifs is 1. The zero-order valence-electron chi connectivity index (χ0n) is 8.55. The minimum Gasteiger partial charge on any atom is -0.378 e. The average Bonchev–Trinajstić information content (AvgIpc) is 2.48. The molecule has 2 nitrogen and oxygen atoms in total. The molecule has 2 aliphatic heterocycles. The summed E-state index contributed by atoms with van der Waals surface area (Å²) in [5.74, 6) is 0.895. The lowest BCUT2D eigenvalue weighted by Crippen LogP contribution is -2.40. The normalized spacial score (nSPS) is 35.2. The lowest BCUT2D eigenvalue weighted by atomic mass is 10.1. The lowest BCUT2D eigenvalue weighted by Gasteiger charge is -2.28. The highest BCUT2D eigenvalue weighted by Crippen LogP contribution is 2.24. The van der Waals surface area contributed by atoms with Crippen LogP contribution in [0.1, 0.15) is 27.2 Å². The standard InChI is InChI=1S/C8H15NO.C2H6/c1-7-4-8-6-10-3-2-9(8)5-7;1-2/h7-8H,2-6H2,1H3;1-2H3. The van der Waals surface area contributed by atoms with E-state index in [4.69, 9.17) is 4.74 Å². The van der Waals surface area contributed by atoms with E-state index in [0.29, 0.717) is 0 Å². The quantitative estimate of drug-likeness (QED) is 0.550. The first kappa shape index (κ1) is 10.0. The molecule has 2 heteroatoms. The number of morpholine rings is 1. The largest absolute Gasteiger partial charge is 0.378 e. The van der Waals surface area contributed by atoms with Gasteiger partial charge in [-0.05, 0) is 12.3 Å². The third kappa shape index (κ3) is 2.20. The summed E-state index contributed by atoms with van der Waals surface area (Å²) >= 11 is 0. The third-order valence-corrected chi connectivity index (χ3v) is 2.57. The van der Waals surface area contributed by atoms with Crippen LogP contribution in [0.25, 0.3) is 0 Å². The number of nitrogens with zero attached hydrogens (tertiary/aromatic N) is 1. The highest BCUT2D eigenvalue weighted by Gasteiger charge is 2.31. The summed E-state index contributed by atoms with van der Waals surface area (Å²) in [6.45, 7) is 10.7. The fraction of sp³-hybridized carbons (Fsp3) is 1.00. The molecule has 2 fully saturated rings. The number of hydrogen-bond acceptors (Lipinski definition) is 2. The van der Waals surface area contributed by atoms with E-state index in [0.717, 1.165) is 31.7 Å². The highest BCUT2D eigenvalue weighted by atomic mass is 16.5. The Balaban J connectivity index is 0.000000336. The van der Waals surface area contributed by atoms with Crippen LogP contribution in [0, 0.1) is 5.92 Å². The maximum absolute atomic E-state index is 5.39. The Hall–Kier alpha value is -0.0800. The molecule has 72 valence electrons. The second-order valence-electron chi connectivity index (χ2n) is 3.56. The molecule has 2 saturated heterocycles. The van der Waals surface area contributed by atoms with Crippen molar-refractivity contribution in [1.29, 1.82) is 0 Å². The van der Waals surface area contributed by atoms with Crippen molar-refractivity contribution in [3.8, 4) is 0 Å². The number of ether oxygens (including phenoxy) is 1. The third-order valence-electron chi connectivity index (χ3n) is 2.57. The van der Waals surface area contributed by atoms with Crippen LogP contribution < -0.4 is 0 Å². The van der Waals surface area contributed by atoms with Crippen molar-refractivity contribution >= 4 is 0 Å². The summed E-state index contributed by atoms with van der Waals surface area (Å²) in [6, 6.07) is 0.753. The number of hydrogen-bond donors (Lipinski definition) is 0. The van der Waals surface area contributed by atoms with Crippen molar-refractivity contribution in [2.45, 2.75) is 33.2 Å². The van der Waals surface area contributed by atoms with E-state index in [1.807, 2.05) is 13.8 Å². The van der Waals surface area contributed by atoms with Crippen LogP contribution in [0.5, 0.6) is 0 Å². The smallest absolute Gasteiger partial charge is 0.0622 e. The van der Waals surface area contributed by atoms with Gasteiger partial charge in [-0.15, -0.1) is 0 Å². The Morgan fingerprint density at radius 2 is 2.08 bits per heavy atom. The highest BCUT2D eigenvalue weighted by molar-refractivity contribution is 4.84. The van der Waals surface area contributed by atoms with Crippen LogP contribution >= 0.6 is 0 Å². The average molecular weight is 171 g/mol. The van der Waals surface area contributed by atoms with Crippen molar-refractivity contribution in [2.24, 2.45) is 5.92 Å². The molecule has 0 spiro atoms. The molecule has 0 aromatic carbocycles. The Kier molecular flexibility index (Phi) is 4.02. The Bertz CT molecular complexity index is 113. The molecule has 2 rings (SSSR count). The molecule has 0 radical (unpaired) electrons. The maximum Gasteiger partial charge on any atom is 0.0622 e. The minimum absolute atomic E-state index is 0.753. The van der Waals surface area contributed by atoms with Crippen molar-refractivity contribution in [2.75, 3.05) is 26.3 Å². The van der Waals surface area contributed by atoms with Gasteiger partial charge in [0.05, 0.1) is 13.2 Å². The first-order chi connectivity index (χ1) is 5.86. The van der Waals surface area contributed by atoms with Crippen molar-refractivity contribution in [1.82, 2.24) is 4.90 Å². The summed E-state index contributed by atoms with van der Waals surface area (Å²) in [7, 11) is 0. The van der Waals surface area contributed by atoms with Gasteiger partial charge < -0.3 is 4.74 Å². The first-order valence-corrected chi connectivity index (χ1v) is 5.18. The summed E-state index contributed by atoms with van der Waals surface area (Å²) < 4.78 is 5.39. The predicted molar refractivity (Wildman–Crippen MR) is 51.3 cm³/mol. The summed E-state index contributed by atoms with van der Waals surface area (Å²) in [5.41, 5.74) is 0. The van der Waals surface area contributed by atoms with Crippen molar-refractivity contribution in [3.05, 3.63) is 0 Å². The molecule has 0 bridgehead atoms. The summed E-state index contributed by atoms with van der Waals surface area (Å²) in [4.78, 5) is 2.56. The molecule has 2 aliphatic rings. The van der Waals surface area contributed by atoms with Gasteiger partial charge in [0.15, 0.2) is 0 Å². The van der Waals surface area contributed by atoms with Gasteiger partial charge in [-0.2, -0.15) is 0 Å². The van der Waals surface area contributed by atoms with Crippen LogP contribution in [-0.2, 0) is 4.74 Å². The van der Waals surface area contributed by atoms with Crippen LogP contribution in [0.3, 0.4) is 0 Å². The van der Waals surface area contributed by atoms with Gasteiger partial charge in [0.1, 0.15) is 0 Å². The molecule has 0 N–H and O–H groups in total. The molecule has 0 aromatic rings. The van der Waals surface area contributed by atoms with Crippen molar-refractivity contribution in [3.63, 3.8) is 0 Å². The maximum atomic E-state index is 5.39. The van der Waals surface area contributed by atoms with E-state index in [9.17, 15) is 0 Å². The molecule has 12 heavy (non-hydrogen) atoms. The summed E-state index contributed by atoms with van der Waals surface area (Å²) in [5, 5.41) is 0. The molecule has 0 saturated carbocycles. The van der Waals surface area contributed by atoms with E-state index in [1.54, 1.807) is 0 Å². The second kappa shape index (κ2) is 4.83. The first-order valence-electron chi connectivity index (χ1n) is 5.18. The van der Waals surface area contributed by atoms with E-state index in [-0.39, 0.29) is 0 Å². The van der Waals surface area contributed by atoms with E-state index in [2.05, 4.69) is 11.8 Å². The molecule has 0 aromatic heterocycles. The molecular weight excluding hydrogens is 150 g/mol. The van der Waals surface area contributed by atoms with Gasteiger partial charge in [0.2, 0.25) is 0 Å². The van der Waals surface area contributed by atoms with Crippen LogP contribution in [-0.4, -0.2) is 37.2 Å². The van der Waals surface area contributed by atoms with Gasteiger partial charge >= 0.3 is 0 Å². The van der Waals surface area contributed by atoms with Crippen LogP contribution in [0.2, 0.25) is 0 Å². The van der Waals surface area contributed by atoms with E-state index in [1.165, 1.54) is 13.0 Å². The Labute approximate surface area is 75.9 Å². The van der Waals surface area contributed by atoms with Gasteiger partial charge in [0, 0.05) is 19.1 Å². The van der Waals surface area contributed by atoms with Gasteiger partial charge in [0.25, 0.3) is 0 Å².